The van der Waals surface area contributed by atoms with E-state index in [0.717, 1.165) is 30.3 Å². The van der Waals surface area contributed by atoms with Gasteiger partial charge in [0.05, 0.1) is 11.1 Å². The Hall–Kier alpha value is -4.20. The number of carboxylic acid groups (broad SMARTS) is 2. The maximum Gasteiger partial charge on any atom is 0.336 e. The molecule has 2 aromatic carbocycles. The summed E-state index contributed by atoms with van der Waals surface area (Å²) in [5, 5.41) is 41.8. The molecule has 1 aromatic heterocycles. The fraction of sp³-hybridized carbons (Fsp3) is 0.217. The van der Waals surface area contributed by atoms with Crippen LogP contribution in [0.5, 0.6) is 0 Å². The summed E-state index contributed by atoms with van der Waals surface area (Å²) in [5.74, 6) is -7.69. The van der Waals surface area contributed by atoms with Crippen LogP contribution in [0.4, 0.5) is 8.78 Å². The number of halogens is 2. The Morgan fingerprint density at radius 1 is 0.972 bits per heavy atom. The van der Waals surface area contributed by atoms with Crippen molar-refractivity contribution < 1.29 is 43.5 Å². The van der Waals surface area contributed by atoms with Gasteiger partial charge in [-0.2, -0.15) is 8.78 Å². The molecule has 1 unspecified atom stereocenters. The van der Waals surface area contributed by atoms with Gasteiger partial charge in [0.1, 0.15) is 12.2 Å². The van der Waals surface area contributed by atoms with E-state index in [4.69, 9.17) is 4.74 Å². The summed E-state index contributed by atoms with van der Waals surface area (Å²) in [6, 6.07) is 9.80. The average molecular weight is 504 g/mol. The van der Waals surface area contributed by atoms with E-state index in [1.807, 2.05) is 0 Å². The summed E-state index contributed by atoms with van der Waals surface area (Å²) in [5.41, 5.74) is -8.33. The van der Waals surface area contributed by atoms with Crippen LogP contribution in [0.15, 0.2) is 70.4 Å². The van der Waals surface area contributed by atoms with E-state index in [9.17, 15) is 39.6 Å². The van der Waals surface area contributed by atoms with Gasteiger partial charge >= 0.3 is 23.6 Å². The average Bonchev–Trinajstić information content (AvgIpc) is 3.05. The molecule has 2 heterocycles. The molecule has 11 nitrogen and oxygen atoms in total. The first kappa shape index (κ1) is 24.9. The zero-order valence-corrected chi connectivity index (χ0v) is 18.0. The van der Waals surface area contributed by atoms with Crippen molar-refractivity contribution in [2.75, 3.05) is 0 Å². The predicted molar refractivity (Wildman–Crippen MR) is 116 cm³/mol. The number of ether oxygens (including phenoxy) is 1. The van der Waals surface area contributed by atoms with Crippen LogP contribution >= 0.6 is 0 Å². The number of aromatic amines is 1. The highest BCUT2D eigenvalue weighted by Gasteiger charge is 2.73. The van der Waals surface area contributed by atoms with Crippen LogP contribution in [-0.2, 0) is 10.3 Å². The first-order valence-electron chi connectivity index (χ1n) is 10.3. The van der Waals surface area contributed by atoms with Gasteiger partial charge in [0, 0.05) is 17.8 Å². The van der Waals surface area contributed by atoms with Gasteiger partial charge < -0.3 is 25.2 Å². The first-order chi connectivity index (χ1) is 16.9. The molecule has 0 amide bonds. The zero-order chi connectivity index (χ0) is 26.4. The number of aliphatic hydroxyl groups is 2. The number of hydrogen-bond acceptors (Lipinski definition) is 7. The van der Waals surface area contributed by atoms with Crippen molar-refractivity contribution >= 4 is 11.9 Å². The van der Waals surface area contributed by atoms with Gasteiger partial charge in [-0.05, 0) is 17.7 Å². The van der Waals surface area contributed by atoms with E-state index in [0.29, 0.717) is 6.20 Å². The van der Waals surface area contributed by atoms with Crippen LogP contribution in [0.3, 0.4) is 0 Å². The molecule has 13 heteroatoms. The highest BCUT2D eigenvalue weighted by Crippen LogP contribution is 2.57. The van der Waals surface area contributed by atoms with E-state index in [1.54, 1.807) is 4.98 Å². The number of carbonyl (C=O) groups is 2. The topological polar surface area (TPSA) is 179 Å². The van der Waals surface area contributed by atoms with Crippen LogP contribution < -0.4 is 11.2 Å². The van der Waals surface area contributed by atoms with Crippen LogP contribution in [0, 0.1) is 0 Å². The second kappa shape index (κ2) is 8.78. The van der Waals surface area contributed by atoms with E-state index >= 15 is 8.78 Å². The van der Waals surface area contributed by atoms with Gasteiger partial charge in [0.15, 0.2) is 5.60 Å². The quantitative estimate of drug-likeness (QED) is 0.328. The fourth-order valence-corrected chi connectivity index (χ4v) is 4.30. The minimum Gasteiger partial charge on any atom is -0.478 e. The number of nitrogens with one attached hydrogen (secondary N) is 1. The highest BCUT2D eigenvalue weighted by atomic mass is 19.3. The predicted octanol–water partition coefficient (Wildman–Crippen LogP) is 1.09. The lowest BCUT2D eigenvalue weighted by atomic mass is 9.77. The van der Waals surface area contributed by atoms with Crippen molar-refractivity contribution in [1.29, 1.82) is 0 Å². The SMILES string of the molecule is O=C(O)c1ccccc1C(O)[C@H]1O[C@@H](n2ccc(=O)[nH]c2=O)C(F)(F)[C@@]1(O)c1ccccc1C(=O)O. The van der Waals surface area contributed by atoms with E-state index in [2.05, 4.69) is 0 Å². The molecule has 1 fully saturated rings. The molecule has 4 rings (SSSR count). The van der Waals surface area contributed by atoms with Crippen LogP contribution in [0.25, 0.3) is 0 Å². The molecule has 1 saturated heterocycles. The Kier molecular flexibility index (Phi) is 6.08. The van der Waals surface area contributed by atoms with Crippen molar-refractivity contribution in [3.8, 4) is 0 Å². The lowest BCUT2D eigenvalue weighted by Gasteiger charge is -2.36. The van der Waals surface area contributed by atoms with Crippen molar-refractivity contribution in [2.45, 2.75) is 30.0 Å². The molecule has 0 aliphatic carbocycles. The van der Waals surface area contributed by atoms with Gasteiger partial charge in [-0.3, -0.25) is 14.3 Å². The van der Waals surface area contributed by atoms with Crippen molar-refractivity contribution in [1.82, 2.24) is 9.55 Å². The number of H-pyrrole nitrogens is 1. The molecule has 36 heavy (non-hydrogen) atoms. The van der Waals surface area contributed by atoms with Gasteiger partial charge in [-0.25, -0.2) is 14.4 Å². The molecular formula is C23H18F2N2O9. The molecule has 4 atom stereocenters. The third-order valence-corrected chi connectivity index (χ3v) is 5.97. The molecular weight excluding hydrogens is 486 g/mol. The molecule has 1 aliphatic heterocycles. The number of aromatic nitrogens is 2. The van der Waals surface area contributed by atoms with Crippen molar-refractivity contribution in [2.24, 2.45) is 0 Å². The minimum absolute atomic E-state index is 0.269. The smallest absolute Gasteiger partial charge is 0.336 e. The molecule has 0 spiro atoms. The van der Waals surface area contributed by atoms with Crippen LogP contribution in [0.2, 0.25) is 0 Å². The van der Waals surface area contributed by atoms with E-state index in [-0.39, 0.29) is 4.57 Å². The number of nitrogens with zero attached hydrogens (tertiary/aromatic N) is 1. The molecule has 0 bridgehead atoms. The Labute approximate surface area is 199 Å². The van der Waals surface area contributed by atoms with Crippen LogP contribution in [0.1, 0.15) is 44.2 Å². The van der Waals surface area contributed by atoms with E-state index in [1.165, 1.54) is 24.3 Å². The molecule has 5 N–H and O–H groups in total. The van der Waals surface area contributed by atoms with Gasteiger partial charge in [-0.15, -0.1) is 0 Å². The summed E-state index contributed by atoms with van der Waals surface area (Å²) in [6.45, 7) is 0. The molecule has 0 saturated carbocycles. The fourth-order valence-electron chi connectivity index (χ4n) is 4.30. The number of aromatic carboxylic acids is 2. The normalized spacial score (nSPS) is 23.8. The monoisotopic (exact) mass is 504 g/mol. The highest BCUT2D eigenvalue weighted by molar-refractivity contribution is 5.90. The second-order valence-electron chi connectivity index (χ2n) is 8.00. The number of rotatable bonds is 6. The lowest BCUT2D eigenvalue weighted by Crippen LogP contribution is -2.53. The lowest BCUT2D eigenvalue weighted by molar-refractivity contribution is -0.196. The van der Waals surface area contributed by atoms with E-state index < -0.39 is 75.4 Å². The number of hydrogen-bond donors (Lipinski definition) is 5. The third kappa shape index (κ3) is 3.69. The number of carboxylic acids is 2. The first-order valence-corrected chi connectivity index (χ1v) is 10.3. The molecule has 0 radical (unpaired) electrons. The summed E-state index contributed by atoms with van der Waals surface area (Å²) in [4.78, 5) is 49.0. The maximum absolute atomic E-state index is 16.1. The number of aliphatic hydroxyl groups excluding tert-OH is 1. The van der Waals surface area contributed by atoms with Gasteiger partial charge in [0.2, 0.25) is 6.23 Å². The Morgan fingerprint density at radius 3 is 2.17 bits per heavy atom. The largest absolute Gasteiger partial charge is 0.478 e. The second-order valence-corrected chi connectivity index (χ2v) is 8.00. The Morgan fingerprint density at radius 2 is 1.56 bits per heavy atom. The number of alkyl halides is 2. The number of benzene rings is 2. The standard InChI is InChI=1S/C23H18F2N2O9/c24-23(25)20(27-10-9-15(28)26-21(27)34)36-17(16(29)11-5-1-2-6-12(11)18(30)31)22(23,35)14-8-4-3-7-13(14)19(32)33/h1-10,16-17,20,29,35H,(H,30,31)(H,32,33)(H,26,28,34)/t16?,17-,20-,22-/m1/s1. The zero-order valence-electron chi connectivity index (χ0n) is 18.0. The molecule has 188 valence electrons. The maximum atomic E-state index is 16.1. The summed E-state index contributed by atoms with van der Waals surface area (Å²) in [7, 11) is 0. The Bertz CT molecular complexity index is 1470. The summed E-state index contributed by atoms with van der Waals surface area (Å²) in [6.07, 6.45) is -6.57. The minimum atomic E-state index is -4.50. The van der Waals surface area contributed by atoms with Gasteiger partial charge in [0.25, 0.3) is 5.56 Å². The van der Waals surface area contributed by atoms with Gasteiger partial charge in [-0.1, -0.05) is 36.4 Å². The Balaban J connectivity index is 1.99. The van der Waals surface area contributed by atoms with Crippen molar-refractivity contribution in [3.05, 3.63) is 104 Å². The summed E-state index contributed by atoms with van der Waals surface area (Å²) < 4.78 is 37.8. The molecule has 1 aliphatic rings. The van der Waals surface area contributed by atoms with Crippen LogP contribution in [-0.4, -0.2) is 53.9 Å². The molecule has 3 aromatic rings. The summed E-state index contributed by atoms with van der Waals surface area (Å²) >= 11 is 0. The van der Waals surface area contributed by atoms with Crippen molar-refractivity contribution in [3.63, 3.8) is 0 Å². The third-order valence-electron chi connectivity index (χ3n) is 5.97.